The first-order chi connectivity index (χ1) is 17.5. The molecule has 8 heteroatoms. The molecule has 0 spiro atoms. The molecule has 0 aliphatic heterocycles. The van der Waals surface area contributed by atoms with Gasteiger partial charge in [-0.05, 0) is 42.8 Å². The molecule has 0 bridgehead atoms. The molecule has 0 saturated heterocycles. The Kier molecular flexibility index (Phi) is 11.1. The molecule has 4 rings (SSSR count). The number of aromatic nitrogens is 2. The third kappa shape index (κ3) is 7.63. The zero-order valence-electron chi connectivity index (χ0n) is 20.5. The summed E-state index contributed by atoms with van der Waals surface area (Å²) in [6.45, 7) is 2.80. The topological polar surface area (TPSA) is 50.8 Å². The van der Waals surface area contributed by atoms with Gasteiger partial charge in [-0.3, -0.25) is 0 Å². The van der Waals surface area contributed by atoms with Crippen LogP contribution < -0.4 is 51.4 Å². The van der Waals surface area contributed by atoms with E-state index in [1.54, 1.807) is 24.6 Å². The number of rotatable bonds is 9. The molecule has 4 nitrogen and oxygen atoms in total. The maximum absolute atomic E-state index is 14.8. The Morgan fingerprint density at radius 3 is 2.62 bits per heavy atom. The number of fused-ring (bicyclic) bond motifs is 1. The monoisotopic (exact) mass is 584 g/mol. The standard InChI is InChI=1S/C29H22BrF2N3O.K/c1-2-35-28-17-24(30)11-12-27(28)34-29(35)16-22-9-7-20(14-25(22)31)6-4-3-5-13-36-19-23-10-8-21(18-33)15-26(23)32;/h3-12,14-15,17H,2,16,19H2,1H3;/q-2;+1/b4-3-;. The number of hydrogen-bond acceptors (Lipinski definition) is 3. The van der Waals surface area contributed by atoms with Gasteiger partial charge in [0.05, 0.1) is 35.1 Å². The van der Waals surface area contributed by atoms with Gasteiger partial charge in [0.25, 0.3) is 0 Å². The first kappa shape index (κ1) is 29.3. The van der Waals surface area contributed by atoms with E-state index in [1.807, 2.05) is 30.3 Å². The molecule has 4 aromatic rings. The molecule has 0 aliphatic rings. The molecular weight excluding hydrogens is 563 g/mol. The summed E-state index contributed by atoms with van der Waals surface area (Å²) in [5.74, 6) is 0.0378. The number of aryl methyl sites for hydroxylation is 1. The van der Waals surface area contributed by atoms with Gasteiger partial charge < -0.3 is 9.30 Å². The number of allylic oxidation sites excluding steroid dienone is 3. The van der Waals surface area contributed by atoms with Crippen molar-refractivity contribution in [2.45, 2.75) is 26.5 Å². The Morgan fingerprint density at radius 1 is 1.11 bits per heavy atom. The van der Waals surface area contributed by atoms with Crippen molar-refractivity contribution in [2.75, 3.05) is 0 Å². The Balaban J connectivity index is 0.00000380. The minimum atomic E-state index is -0.495. The smallest absolute Gasteiger partial charge is 0.589 e. The number of nitriles is 1. The van der Waals surface area contributed by atoms with Crippen molar-refractivity contribution >= 4 is 27.0 Å². The normalized spacial score (nSPS) is 11.1. The minimum Gasteiger partial charge on any atom is -0.589 e. The van der Waals surface area contributed by atoms with Crippen molar-refractivity contribution in [3.05, 3.63) is 130 Å². The van der Waals surface area contributed by atoms with Crippen molar-refractivity contribution in [3.63, 3.8) is 0 Å². The minimum absolute atomic E-state index is 0. The number of nitrogens with zero attached hydrogens (tertiary/aromatic N) is 3. The summed E-state index contributed by atoms with van der Waals surface area (Å²) in [7, 11) is 0. The van der Waals surface area contributed by atoms with Crippen molar-refractivity contribution in [3.8, 4) is 6.07 Å². The second kappa shape index (κ2) is 14.1. The summed E-state index contributed by atoms with van der Waals surface area (Å²) in [6.07, 6.45) is 9.73. The van der Waals surface area contributed by atoms with E-state index in [9.17, 15) is 8.78 Å². The fraction of sp³-hybridized carbons (Fsp3) is 0.138. The number of imidazole rings is 1. The molecule has 182 valence electrons. The Bertz CT molecular complexity index is 1490. The maximum atomic E-state index is 14.8. The van der Waals surface area contributed by atoms with Crippen LogP contribution in [0.25, 0.3) is 11.0 Å². The van der Waals surface area contributed by atoms with Crippen LogP contribution in [-0.2, 0) is 24.3 Å². The Morgan fingerprint density at radius 2 is 1.89 bits per heavy atom. The van der Waals surface area contributed by atoms with Crippen LogP contribution in [0.1, 0.15) is 35.0 Å². The van der Waals surface area contributed by atoms with Crippen LogP contribution in [0.15, 0.2) is 77.3 Å². The van der Waals surface area contributed by atoms with Crippen LogP contribution in [0.5, 0.6) is 0 Å². The van der Waals surface area contributed by atoms with Gasteiger partial charge in [0.15, 0.2) is 0 Å². The maximum Gasteiger partial charge on any atom is 1.00 e. The molecule has 0 N–H and O–H groups in total. The van der Waals surface area contributed by atoms with Gasteiger partial charge in [-0.15, -0.1) is 11.6 Å². The zero-order chi connectivity index (χ0) is 25.5. The first-order valence-electron chi connectivity index (χ1n) is 11.3. The summed E-state index contributed by atoms with van der Waals surface area (Å²) in [5.41, 5.74) is 3.80. The Labute approximate surface area is 266 Å². The van der Waals surface area contributed by atoms with E-state index in [1.165, 1.54) is 30.3 Å². The van der Waals surface area contributed by atoms with Crippen LogP contribution in [0, 0.1) is 35.6 Å². The predicted octanol–water partition coefficient (Wildman–Crippen LogP) is 4.21. The van der Waals surface area contributed by atoms with E-state index in [-0.39, 0.29) is 69.4 Å². The van der Waals surface area contributed by atoms with Crippen molar-refractivity contribution in [1.29, 1.82) is 5.26 Å². The summed E-state index contributed by atoms with van der Waals surface area (Å²) in [5, 5.41) is 8.77. The van der Waals surface area contributed by atoms with Crippen molar-refractivity contribution in [2.24, 2.45) is 0 Å². The van der Waals surface area contributed by atoms with E-state index in [0.717, 1.165) is 33.4 Å². The molecule has 0 radical (unpaired) electrons. The van der Waals surface area contributed by atoms with E-state index >= 15 is 0 Å². The fourth-order valence-electron chi connectivity index (χ4n) is 3.78. The number of ether oxygens (including phenoxy) is 1. The molecule has 1 aromatic heterocycles. The van der Waals surface area contributed by atoms with Crippen LogP contribution >= 0.6 is 15.9 Å². The van der Waals surface area contributed by atoms with Gasteiger partial charge in [0.2, 0.25) is 0 Å². The second-order valence-electron chi connectivity index (χ2n) is 7.98. The third-order valence-corrected chi connectivity index (χ3v) is 6.08. The molecular formula is C29H22BrF2KN3O-. The molecule has 0 atom stereocenters. The number of hydrogen-bond donors (Lipinski definition) is 0. The second-order valence-corrected chi connectivity index (χ2v) is 8.89. The van der Waals surface area contributed by atoms with Crippen LogP contribution in [0.2, 0.25) is 0 Å². The summed E-state index contributed by atoms with van der Waals surface area (Å²) < 4.78 is 36.9. The molecule has 0 saturated carbocycles. The van der Waals surface area contributed by atoms with E-state index in [2.05, 4.69) is 33.7 Å². The van der Waals surface area contributed by atoms with Gasteiger partial charge in [-0.2, -0.15) is 23.8 Å². The fourth-order valence-corrected chi connectivity index (χ4v) is 4.13. The van der Waals surface area contributed by atoms with Gasteiger partial charge in [0, 0.05) is 23.0 Å². The average Bonchev–Trinajstić information content (AvgIpc) is 3.21. The number of halogens is 3. The molecule has 37 heavy (non-hydrogen) atoms. The van der Waals surface area contributed by atoms with Gasteiger partial charge >= 0.3 is 51.4 Å². The van der Waals surface area contributed by atoms with Gasteiger partial charge in [-0.25, -0.2) is 19.8 Å². The molecule has 0 aliphatic carbocycles. The van der Waals surface area contributed by atoms with E-state index in [0.29, 0.717) is 17.5 Å². The average molecular weight is 586 g/mol. The molecule has 3 aromatic carbocycles. The number of benzene rings is 3. The summed E-state index contributed by atoms with van der Waals surface area (Å²) in [4.78, 5) is 4.70. The zero-order valence-corrected chi connectivity index (χ0v) is 25.2. The molecule has 0 unspecified atom stereocenters. The third-order valence-electron chi connectivity index (χ3n) is 5.59. The summed E-state index contributed by atoms with van der Waals surface area (Å²) in [6, 6.07) is 17.2. The van der Waals surface area contributed by atoms with Crippen molar-refractivity contribution in [1.82, 2.24) is 9.55 Å². The van der Waals surface area contributed by atoms with Gasteiger partial charge in [0.1, 0.15) is 11.6 Å². The van der Waals surface area contributed by atoms with E-state index in [4.69, 9.17) is 15.0 Å². The quantitative estimate of drug-likeness (QED) is 0.128. The summed E-state index contributed by atoms with van der Waals surface area (Å²) >= 11 is 3.50. The van der Waals surface area contributed by atoms with Crippen LogP contribution in [0.4, 0.5) is 8.78 Å². The molecule has 1 heterocycles. The molecule has 0 fully saturated rings. The van der Waals surface area contributed by atoms with Crippen LogP contribution in [0.3, 0.4) is 0 Å². The van der Waals surface area contributed by atoms with Crippen LogP contribution in [-0.4, -0.2) is 9.55 Å². The SMILES string of the molecule is CCn1c(Cc2ccc([CH-]/C=C\C=[C-]OCc3ccc(C#N)cc3F)cc2F)nc2ccc(Br)cc21.[K+]. The predicted molar refractivity (Wildman–Crippen MR) is 139 cm³/mol. The van der Waals surface area contributed by atoms with Gasteiger partial charge in [-0.1, -0.05) is 40.4 Å². The first-order valence-corrected chi connectivity index (χ1v) is 12.1. The molecule has 0 amide bonds. The Hall–Kier alpha value is -2.25. The largest absolute Gasteiger partial charge is 1.00 e. The van der Waals surface area contributed by atoms with Crippen molar-refractivity contribution < 1.29 is 64.9 Å². The van der Waals surface area contributed by atoms with E-state index < -0.39 is 5.82 Å².